The lowest BCUT2D eigenvalue weighted by Crippen LogP contribution is -2.35. The van der Waals surface area contributed by atoms with Gasteiger partial charge in [0.15, 0.2) is 0 Å². The second-order valence-electron chi connectivity index (χ2n) is 6.70. The topological polar surface area (TPSA) is 41.1 Å². The van der Waals surface area contributed by atoms with Gasteiger partial charge in [-0.2, -0.15) is 0 Å². The number of carbonyl (C=O) groups is 1. The maximum atomic E-state index is 12.2. The van der Waals surface area contributed by atoms with E-state index in [0.29, 0.717) is 6.54 Å². The summed E-state index contributed by atoms with van der Waals surface area (Å²) in [7, 11) is 0. The first-order valence-corrected chi connectivity index (χ1v) is 8.18. The van der Waals surface area contributed by atoms with Crippen LogP contribution >= 0.6 is 0 Å². The summed E-state index contributed by atoms with van der Waals surface area (Å²) in [6, 6.07) is 14.5. The first kappa shape index (κ1) is 15.6. The molecule has 2 amide bonds. The lowest BCUT2D eigenvalue weighted by atomic mass is 9.95. The molecule has 3 nitrogen and oxygen atoms in total. The average molecular weight is 308 g/mol. The molecule has 23 heavy (non-hydrogen) atoms. The van der Waals surface area contributed by atoms with E-state index in [1.807, 2.05) is 19.1 Å². The standard InChI is InChI=1S/C20H24N2O/c1-14-7-9-17(10-8-14)20(11-12-20)13-21-19(23)22-18-6-4-5-15(2)16(18)3/h4-10H,11-13H2,1-3H3,(H2,21,22,23). The number of benzene rings is 2. The summed E-state index contributed by atoms with van der Waals surface area (Å²) in [5.41, 5.74) is 5.90. The van der Waals surface area contributed by atoms with Crippen molar-refractivity contribution < 1.29 is 4.79 Å². The highest BCUT2D eigenvalue weighted by molar-refractivity contribution is 5.90. The molecule has 0 aromatic heterocycles. The predicted octanol–water partition coefficient (Wildman–Crippen LogP) is 4.47. The zero-order valence-corrected chi connectivity index (χ0v) is 14.1. The van der Waals surface area contributed by atoms with Crippen molar-refractivity contribution in [2.24, 2.45) is 0 Å². The van der Waals surface area contributed by atoms with E-state index in [0.717, 1.165) is 24.1 Å². The molecule has 1 saturated carbocycles. The van der Waals surface area contributed by atoms with Crippen molar-refractivity contribution in [3.63, 3.8) is 0 Å². The number of hydrogen-bond donors (Lipinski definition) is 2. The number of rotatable bonds is 4. The summed E-state index contributed by atoms with van der Waals surface area (Å²) in [5, 5.41) is 6.01. The first-order chi connectivity index (χ1) is 11.0. The fourth-order valence-electron chi connectivity index (χ4n) is 2.93. The number of anilines is 1. The number of carbonyl (C=O) groups excluding carboxylic acids is 1. The van der Waals surface area contributed by atoms with Crippen LogP contribution in [0.2, 0.25) is 0 Å². The zero-order chi connectivity index (χ0) is 16.4. The van der Waals surface area contributed by atoms with Crippen molar-refractivity contribution >= 4 is 11.7 Å². The van der Waals surface area contributed by atoms with Gasteiger partial charge in [-0.15, -0.1) is 0 Å². The van der Waals surface area contributed by atoms with Crippen LogP contribution in [0.25, 0.3) is 0 Å². The van der Waals surface area contributed by atoms with Gasteiger partial charge in [-0.3, -0.25) is 0 Å². The summed E-state index contributed by atoms with van der Waals surface area (Å²) in [5.74, 6) is 0. The zero-order valence-electron chi connectivity index (χ0n) is 14.1. The number of urea groups is 1. The van der Waals surface area contributed by atoms with Crippen LogP contribution < -0.4 is 10.6 Å². The average Bonchev–Trinajstić information content (AvgIpc) is 3.32. The smallest absolute Gasteiger partial charge is 0.319 e. The van der Waals surface area contributed by atoms with Crippen LogP contribution in [0.4, 0.5) is 10.5 Å². The molecule has 3 rings (SSSR count). The molecular formula is C20H24N2O. The van der Waals surface area contributed by atoms with Crippen LogP contribution in [0.3, 0.4) is 0 Å². The maximum Gasteiger partial charge on any atom is 0.319 e. The molecule has 0 radical (unpaired) electrons. The first-order valence-electron chi connectivity index (χ1n) is 8.18. The van der Waals surface area contributed by atoms with E-state index >= 15 is 0 Å². The van der Waals surface area contributed by atoms with Gasteiger partial charge in [-0.05, 0) is 56.4 Å². The molecule has 1 aliphatic carbocycles. The Morgan fingerprint density at radius 1 is 1.04 bits per heavy atom. The van der Waals surface area contributed by atoms with Crippen LogP contribution in [-0.4, -0.2) is 12.6 Å². The molecule has 120 valence electrons. The molecule has 2 aromatic rings. The molecule has 0 spiro atoms. The summed E-state index contributed by atoms with van der Waals surface area (Å²) >= 11 is 0. The highest BCUT2D eigenvalue weighted by Crippen LogP contribution is 2.47. The fourth-order valence-corrected chi connectivity index (χ4v) is 2.93. The second-order valence-corrected chi connectivity index (χ2v) is 6.70. The van der Waals surface area contributed by atoms with Crippen LogP contribution in [-0.2, 0) is 5.41 Å². The minimum Gasteiger partial charge on any atom is -0.337 e. The Balaban J connectivity index is 1.61. The van der Waals surface area contributed by atoms with E-state index in [-0.39, 0.29) is 11.4 Å². The van der Waals surface area contributed by atoms with Gasteiger partial charge in [0.05, 0.1) is 0 Å². The molecule has 1 fully saturated rings. The van der Waals surface area contributed by atoms with Gasteiger partial charge in [0.1, 0.15) is 0 Å². The lowest BCUT2D eigenvalue weighted by Gasteiger charge is -2.18. The molecule has 1 aliphatic rings. The van der Waals surface area contributed by atoms with Crippen molar-refractivity contribution in [3.8, 4) is 0 Å². The third-order valence-corrected chi connectivity index (χ3v) is 4.96. The largest absolute Gasteiger partial charge is 0.337 e. The van der Waals surface area contributed by atoms with E-state index in [2.05, 4.69) is 54.8 Å². The third-order valence-electron chi connectivity index (χ3n) is 4.96. The molecule has 0 atom stereocenters. The Bertz CT molecular complexity index is 715. The molecule has 3 heteroatoms. The molecule has 0 aliphatic heterocycles. The Morgan fingerprint density at radius 2 is 1.74 bits per heavy atom. The predicted molar refractivity (Wildman–Crippen MR) is 95.0 cm³/mol. The highest BCUT2D eigenvalue weighted by atomic mass is 16.2. The Kier molecular flexibility index (Phi) is 4.12. The minimum absolute atomic E-state index is 0.128. The quantitative estimate of drug-likeness (QED) is 0.860. The molecule has 0 heterocycles. The monoisotopic (exact) mass is 308 g/mol. The lowest BCUT2D eigenvalue weighted by molar-refractivity contribution is 0.251. The summed E-state index contributed by atoms with van der Waals surface area (Å²) in [6.07, 6.45) is 2.28. The van der Waals surface area contributed by atoms with Crippen LogP contribution in [0.1, 0.15) is 35.1 Å². The van der Waals surface area contributed by atoms with Crippen molar-refractivity contribution in [3.05, 3.63) is 64.7 Å². The maximum absolute atomic E-state index is 12.2. The Morgan fingerprint density at radius 3 is 2.39 bits per heavy atom. The van der Waals surface area contributed by atoms with Gasteiger partial charge < -0.3 is 10.6 Å². The molecular weight excluding hydrogens is 284 g/mol. The van der Waals surface area contributed by atoms with Crippen molar-refractivity contribution in [2.75, 3.05) is 11.9 Å². The van der Waals surface area contributed by atoms with E-state index in [9.17, 15) is 4.79 Å². The number of amides is 2. The van der Waals surface area contributed by atoms with Crippen LogP contribution in [0.15, 0.2) is 42.5 Å². The fraction of sp³-hybridized carbons (Fsp3) is 0.350. The normalized spacial score (nSPS) is 15.1. The van der Waals surface area contributed by atoms with Gasteiger partial charge in [-0.25, -0.2) is 4.79 Å². The van der Waals surface area contributed by atoms with Crippen LogP contribution in [0, 0.1) is 20.8 Å². The van der Waals surface area contributed by atoms with Gasteiger partial charge in [0.2, 0.25) is 0 Å². The number of nitrogens with one attached hydrogen (secondary N) is 2. The van der Waals surface area contributed by atoms with E-state index in [1.54, 1.807) is 0 Å². The van der Waals surface area contributed by atoms with Crippen molar-refractivity contribution in [1.82, 2.24) is 5.32 Å². The highest BCUT2D eigenvalue weighted by Gasteiger charge is 2.44. The second kappa shape index (κ2) is 6.07. The molecule has 2 N–H and O–H groups in total. The van der Waals surface area contributed by atoms with E-state index in [1.165, 1.54) is 16.7 Å². The van der Waals surface area contributed by atoms with E-state index < -0.39 is 0 Å². The Hall–Kier alpha value is -2.29. The SMILES string of the molecule is Cc1ccc(C2(CNC(=O)Nc3cccc(C)c3C)CC2)cc1. The van der Waals surface area contributed by atoms with Gasteiger partial charge in [-0.1, -0.05) is 42.0 Å². The molecule has 0 saturated heterocycles. The van der Waals surface area contributed by atoms with Crippen molar-refractivity contribution in [2.45, 2.75) is 39.0 Å². The third kappa shape index (κ3) is 3.39. The van der Waals surface area contributed by atoms with Crippen LogP contribution in [0.5, 0.6) is 0 Å². The summed E-state index contributed by atoms with van der Waals surface area (Å²) in [6.45, 7) is 6.86. The van der Waals surface area contributed by atoms with E-state index in [4.69, 9.17) is 0 Å². The molecule has 2 aromatic carbocycles. The summed E-state index contributed by atoms with van der Waals surface area (Å²) < 4.78 is 0. The number of hydrogen-bond acceptors (Lipinski definition) is 1. The number of aryl methyl sites for hydroxylation is 2. The molecule has 0 bridgehead atoms. The summed E-state index contributed by atoms with van der Waals surface area (Å²) in [4.78, 5) is 12.2. The van der Waals surface area contributed by atoms with Gasteiger partial charge >= 0.3 is 6.03 Å². The van der Waals surface area contributed by atoms with Crippen molar-refractivity contribution in [1.29, 1.82) is 0 Å². The Labute approximate surface area is 138 Å². The minimum atomic E-state index is -0.128. The van der Waals surface area contributed by atoms with Gasteiger partial charge in [0, 0.05) is 17.6 Å². The molecule has 0 unspecified atom stereocenters. The van der Waals surface area contributed by atoms with Gasteiger partial charge in [0.25, 0.3) is 0 Å².